The second-order valence-corrected chi connectivity index (χ2v) is 7.42. The van der Waals surface area contributed by atoms with Crippen molar-refractivity contribution in [3.05, 3.63) is 30.0 Å². The number of benzene rings is 1. The maximum atomic E-state index is 13.2. The highest BCUT2D eigenvalue weighted by molar-refractivity contribution is 6.22. The highest BCUT2D eigenvalue weighted by Gasteiger charge is 2.44. The van der Waals surface area contributed by atoms with Crippen molar-refractivity contribution in [1.29, 1.82) is 0 Å². The smallest absolute Gasteiger partial charge is 0.329 e. The van der Waals surface area contributed by atoms with E-state index in [9.17, 15) is 9.59 Å². The van der Waals surface area contributed by atoms with Crippen LogP contribution < -0.4 is 9.47 Å². The second kappa shape index (κ2) is 7.83. The summed E-state index contributed by atoms with van der Waals surface area (Å²) < 4.78 is 22.6. The maximum Gasteiger partial charge on any atom is 0.329 e. The van der Waals surface area contributed by atoms with Crippen LogP contribution in [0.3, 0.4) is 0 Å². The summed E-state index contributed by atoms with van der Waals surface area (Å²) in [6, 6.07) is 5.48. The monoisotopic (exact) mass is 388 g/mol. The fourth-order valence-corrected chi connectivity index (χ4v) is 4.29. The highest BCUT2D eigenvalue weighted by Crippen LogP contribution is 2.42. The Morgan fingerprint density at radius 2 is 2.00 bits per heavy atom. The van der Waals surface area contributed by atoms with Crippen molar-refractivity contribution >= 4 is 17.3 Å². The topological polar surface area (TPSA) is 91.3 Å². The van der Waals surface area contributed by atoms with Crippen molar-refractivity contribution in [2.45, 2.75) is 38.4 Å². The van der Waals surface area contributed by atoms with Gasteiger partial charge in [0.25, 0.3) is 0 Å². The molecule has 1 N–H and O–H groups in total. The van der Waals surface area contributed by atoms with Crippen molar-refractivity contribution in [2.75, 3.05) is 19.8 Å². The number of carboxylic acids is 1. The molecule has 1 fully saturated rings. The number of rotatable bonds is 5. The number of ketones is 1. The van der Waals surface area contributed by atoms with Crippen LogP contribution in [-0.4, -0.2) is 48.9 Å². The van der Waals surface area contributed by atoms with Gasteiger partial charge < -0.3 is 24.1 Å². The molecule has 0 bridgehead atoms. The average molecular weight is 388 g/mol. The SMILES string of the molecule is CCC1CC2C(=O)C(c3ccc4c(c3)OCCO4)=COC2CC1OCC(=O)O. The Hall–Kier alpha value is -2.54. The Morgan fingerprint density at radius 3 is 2.75 bits per heavy atom. The van der Waals surface area contributed by atoms with Crippen LogP contribution >= 0.6 is 0 Å². The minimum Gasteiger partial charge on any atom is -0.496 e. The Balaban J connectivity index is 1.53. The van der Waals surface area contributed by atoms with Gasteiger partial charge in [-0.2, -0.15) is 0 Å². The first-order valence-corrected chi connectivity index (χ1v) is 9.70. The fraction of sp³-hybridized carbons (Fsp3) is 0.524. The Kier molecular flexibility index (Phi) is 5.26. The number of fused-ring (bicyclic) bond motifs is 2. The zero-order valence-corrected chi connectivity index (χ0v) is 15.8. The molecule has 3 aliphatic rings. The van der Waals surface area contributed by atoms with Gasteiger partial charge in [-0.25, -0.2) is 4.79 Å². The van der Waals surface area contributed by atoms with E-state index in [2.05, 4.69) is 0 Å². The summed E-state index contributed by atoms with van der Waals surface area (Å²) in [5.74, 6) is 0.272. The molecule has 4 atom stereocenters. The third-order valence-corrected chi connectivity index (χ3v) is 5.76. The summed E-state index contributed by atoms with van der Waals surface area (Å²) in [5, 5.41) is 8.88. The van der Waals surface area contributed by atoms with E-state index < -0.39 is 5.97 Å². The zero-order chi connectivity index (χ0) is 19.7. The van der Waals surface area contributed by atoms with Gasteiger partial charge in [-0.1, -0.05) is 19.4 Å². The van der Waals surface area contributed by atoms with Crippen LogP contribution in [0.2, 0.25) is 0 Å². The molecular formula is C21H24O7. The molecule has 150 valence electrons. The van der Waals surface area contributed by atoms with Gasteiger partial charge in [0.15, 0.2) is 17.3 Å². The molecule has 1 aliphatic carbocycles. The minimum atomic E-state index is -0.988. The first kappa shape index (κ1) is 18.8. The summed E-state index contributed by atoms with van der Waals surface area (Å²) in [4.78, 5) is 24.0. The molecule has 1 aromatic rings. The van der Waals surface area contributed by atoms with E-state index in [1.54, 1.807) is 0 Å². The molecule has 1 aromatic carbocycles. The molecule has 7 heteroatoms. The molecular weight excluding hydrogens is 364 g/mol. The lowest BCUT2D eigenvalue weighted by molar-refractivity contribution is -0.151. The summed E-state index contributed by atoms with van der Waals surface area (Å²) >= 11 is 0. The van der Waals surface area contributed by atoms with E-state index >= 15 is 0 Å². The van der Waals surface area contributed by atoms with Crippen LogP contribution in [0.25, 0.3) is 5.57 Å². The van der Waals surface area contributed by atoms with Gasteiger partial charge >= 0.3 is 5.97 Å². The average Bonchev–Trinajstić information content (AvgIpc) is 2.71. The molecule has 0 amide bonds. The van der Waals surface area contributed by atoms with Crippen LogP contribution in [0, 0.1) is 11.8 Å². The summed E-state index contributed by atoms with van der Waals surface area (Å²) in [6.07, 6.45) is 3.01. The Labute approximate surface area is 163 Å². The van der Waals surface area contributed by atoms with E-state index in [0.717, 1.165) is 12.0 Å². The number of aliphatic carboxylic acids is 1. The van der Waals surface area contributed by atoms with Crippen LogP contribution in [0.5, 0.6) is 11.5 Å². The van der Waals surface area contributed by atoms with Crippen molar-refractivity contribution < 1.29 is 33.6 Å². The molecule has 4 unspecified atom stereocenters. The van der Waals surface area contributed by atoms with Crippen molar-refractivity contribution in [2.24, 2.45) is 11.8 Å². The number of ether oxygens (including phenoxy) is 4. The van der Waals surface area contributed by atoms with Gasteiger partial charge in [-0.05, 0) is 30.0 Å². The number of carbonyl (C=O) groups excluding carboxylic acids is 1. The van der Waals surface area contributed by atoms with Crippen LogP contribution in [0.4, 0.5) is 0 Å². The first-order valence-electron chi connectivity index (χ1n) is 9.70. The zero-order valence-electron chi connectivity index (χ0n) is 15.8. The first-order chi connectivity index (χ1) is 13.6. The quantitative estimate of drug-likeness (QED) is 0.829. The van der Waals surface area contributed by atoms with Crippen molar-refractivity contribution in [1.82, 2.24) is 0 Å². The van der Waals surface area contributed by atoms with Crippen LogP contribution in [0.15, 0.2) is 24.5 Å². The number of allylic oxidation sites excluding steroid dienone is 1. The number of hydrogen-bond acceptors (Lipinski definition) is 6. The van der Waals surface area contributed by atoms with Gasteiger partial charge in [-0.3, -0.25) is 4.79 Å². The van der Waals surface area contributed by atoms with E-state index in [4.69, 9.17) is 24.1 Å². The molecule has 2 aliphatic heterocycles. The third-order valence-electron chi connectivity index (χ3n) is 5.76. The molecule has 2 heterocycles. The van der Waals surface area contributed by atoms with Gasteiger partial charge in [0.05, 0.1) is 23.9 Å². The molecule has 0 aromatic heterocycles. The molecule has 0 saturated heterocycles. The Bertz CT molecular complexity index is 800. The number of hydrogen-bond donors (Lipinski definition) is 1. The highest BCUT2D eigenvalue weighted by atomic mass is 16.6. The summed E-state index contributed by atoms with van der Waals surface area (Å²) in [7, 11) is 0. The lowest BCUT2D eigenvalue weighted by atomic mass is 9.72. The predicted octanol–water partition coefficient (Wildman–Crippen LogP) is 2.67. The van der Waals surface area contributed by atoms with Crippen molar-refractivity contribution in [3.63, 3.8) is 0 Å². The largest absolute Gasteiger partial charge is 0.496 e. The molecule has 1 saturated carbocycles. The van der Waals surface area contributed by atoms with E-state index in [-0.39, 0.29) is 36.4 Å². The second-order valence-electron chi connectivity index (χ2n) is 7.42. The van der Waals surface area contributed by atoms with Gasteiger partial charge in [0.1, 0.15) is 25.9 Å². The standard InChI is InChI=1S/C21H24O7/c1-2-12-7-14-18(9-17(12)28-11-20(22)23)27-10-15(21(14)24)13-3-4-16-19(8-13)26-6-5-25-16/h3-4,8,10,12,14,17-18H,2,5-7,9,11H2,1H3,(H,22,23). The molecule has 7 nitrogen and oxygen atoms in total. The van der Waals surface area contributed by atoms with E-state index in [0.29, 0.717) is 43.1 Å². The van der Waals surface area contributed by atoms with Crippen LogP contribution in [0.1, 0.15) is 31.7 Å². The number of carboxylic acid groups (broad SMARTS) is 1. The van der Waals surface area contributed by atoms with Gasteiger partial charge in [0, 0.05) is 6.42 Å². The van der Waals surface area contributed by atoms with Crippen LogP contribution in [-0.2, 0) is 19.1 Å². The lowest BCUT2D eigenvalue weighted by Crippen LogP contribution is -2.46. The van der Waals surface area contributed by atoms with E-state index in [1.165, 1.54) is 6.26 Å². The van der Waals surface area contributed by atoms with E-state index in [1.807, 2.05) is 25.1 Å². The third kappa shape index (κ3) is 3.58. The Morgan fingerprint density at radius 1 is 1.21 bits per heavy atom. The lowest BCUT2D eigenvalue weighted by Gasteiger charge is -2.41. The molecule has 0 radical (unpaired) electrons. The normalized spacial score (nSPS) is 28.8. The van der Waals surface area contributed by atoms with Gasteiger partial charge in [0.2, 0.25) is 0 Å². The maximum absolute atomic E-state index is 13.2. The summed E-state index contributed by atoms with van der Waals surface area (Å²) in [5.41, 5.74) is 1.29. The molecule has 28 heavy (non-hydrogen) atoms. The predicted molar refractivity (Wildman–Crippen MR) is 99.2 cm³/mol. The van der Waals surface area contributed by atoms with Crippen molar-refractivity contribution in [3.8, 4) is 11.5 Å². The fourth-order valence-electron chi connectivity index (χ4n) is 4.29. The van der Waals surface area contributed by atoms with Gasteiger partial charge in [-0.15, -0.1) is 0 Å². The summed E-state index contributed by atoms with van der Waals surface area (Å²) in [6.45, 7) is 2.71. The molecule has 0 spiro atoms. The molecule has 4 rings (SSSR count). The number of Topliss-reactive ketones (excluding diaryl/α,β-unsaturated/α-hetero) is 1. The number of carbonyl (C=O) groups is 2. The minimum absolute atomic E-state index is 0.0584.